The number of rotatable bonds is 1. The molecule has 0 unspecified atom stereocenters. The highest BCUT2D eigenvalue weighted by Crippen LogP contribution is 2.26. The van der Waals surface area contributed by atoms with Crippen molar-refractivity contribution < 1.29 is 0 Å². The van der Waals surface area contributed by atoms with Crippen LogP contribution in [0, 0.1) is 6.92 Å². The maximum Gasteiger partial charge on any atom is 0.151 e. The summed E-state index contributed by atoms with van der Waals surface area (Å²) >= 11 is 5.77. The Kier molecular flexibility index (Phi) is 2.60. The molecule has 2 rings (SSSR count). The van der Waals surface area contributed by atoms with Crippen LogP contribution in [0.25, 0.3) is 11.1 Å². The fourth-order valence-electron chi connectivity index (χ4n) is 1.51. The molecule has 1 aromatic heterocycles. The molecule has 0 saturated carbocycles. The van der Waals surface area contributed by atoms with Crippen LogP contribution < -0.4 is 5.73 Å². The van der Waals surface area contributed by atoms with Crippen LogP contribution in [0.15, 0.2) is 36.5 Å². The first kappa shape index (κ1) is 9.99. The summed E-state index contributed by atoms with van der Waals surface area (Å²) in [6, 6.07) is 9.94. The molecule has 0 atom stereocenters. The van der Waals surface area contributed by atoms with E-state index in [0.717, 1.165) is 11.1 Å². The molecule has 0 fully saturated rings. The Morgan fingerprint density at radius 3 is 2.67 bits per heavy atom. The summed E-state index contributed by atoms with van der Waals surface area (Å²) in [5, 5.41) is 0.354. The lowest BCUT2D eigenvalue weighted by atomic mass is 10.0. The Morgan fingerprint density at radius 2 is 2.00 bits per heavy atom. The zero-order valence-electron chi connectivity index (χ0n) is 8.37. The molecule has 0 aliphatic heterocycles. The van der Waals surface area contributed by atoms with E-state index < -0.39 is 0 Å². The summed E-state index contributed by atoms with van der Waals surface area (Å²) < 4.78 is 0. The largest absolute Gasteiger partial charge is 0.396 e. The fraction of sp³-hybridized carbons (Fsp3) is 0.0833. The maximum absolute atomic E-state index is 5.77. The van der Waals surface area contributed by atoms with Crippen LogP contribution in [0.3, 0.4) is 0 Å². The molecule has 2 N–H and O–H groups in total. The van der Waals surface area contributed by atoms with Crippen LogP contribution in [-0.4, -0.2) is 4.98 Å². The second-order valence-electron chi connectivity index (χ2n) is 3.42. The van der Waals surface area contributed by atoms with Crippen molar-refractivity contribution in [1.29, 1.82) is 0 Å². The van der Waals surface area contributed by atoms with Gasteiger partial charge in [0.25, 0.3) is 0 Å². The summed E-state index contributed by atoms with van der Waals surface area (Å²) in [6.07, 6.45) is 1.74. The number of halogens is 1. The number of hydrogen-bond acceptors (Lipinski definition) is 2. The SMILES string of the molecule is Cc1ccccc1-c1cnc(Cl)c(N)c1. The minimum atomic E-state index is 0.354. The van der Waals surface area contributed by atoms with E-state index in [9.17, 15) is 0 Å². The van der Waals surface area contributed by atoms with Crippen molar-refractivity contribution in [2.75, 3.05) is 5.73 Å². The number of nitrogens with two attached hydrogens (primary N) is 1. The van der Waals surface area contributed by atoms with E-state index >= 15 is 0 Å². The Labute approximate surface area is 93.7 Å². The van der Waals surface area contributed by atoms with E-state index in [2.05, 4.69) is 18.0 Å². The van der Waals surface area contributed by atoms with E-state index in [-0.39, 0.29) is 0 Å². The highest BCUT2D eigenvalue weighted by Gasteiger charge is 2.04. The normalized spacial score (nSPS) is 10.3. The number of pyridine rings is 1. The molecular formula is C12H11ClN2. The van der Waals surface area contributed by atoms with Crippen molar-refractivity contribution in [2.45, 2.75) is 6.92 Å². The average molecular weight is 219 g/mol. The molecule has 1 heterocycles. The zero-order valence-corrected chi connectivity index (χ0v) is 9.12. The number of hydrogen-bond donors (Lipinski definition) is 1. The van der Waals surface area contributed by atoms with Gasteiger partial charge in [-0.25, -0.2) is 4.98 Å². The van der Waals surface area contributed by atoms with E-state index in [0.29, 0.717) is 10.8 Å². The predicted octanol–water partition coefficient (Wildman–Crippen LogP) is 3.29. The summed E-state index contributed by atoms with van der Waals surface area (Å²) in [7, 11) is 0. The lowest BCUT2D eigenvalue weighted by molar-refractivity contribution is 1.32. The average Bonchev–Trinajstić information content (AvgIpc) is 2.23. The van der Waals surface area contributed by atoms with Gasteiger partial charge in [-0.1, -0.05) is 35.9 Å². The van der Waals surface area contributed by atoms with Crippen molar-refractivity contribution in [3.05, 3.63) is 47.2 Å². The number of aromatic nitrogens is 1. The first-order chi connectivity index (χ1) is 7.18. The van der Waals surface area contributed by atoms with Crippen molar-refractivity contribution in [3.63, 3.8) is 0 Å². The molecule has 0 amide bonds. The molecular weight excluding hydrogens is 208 g/mol. The minimum Gasteiger partial charge on any atom is -0.396 e. The predicted molar refractivity (Wildman–Crippen MR) is 63.8 cm³/mol. The van der Waals surface area contributed by atoms with Crippen LogP contribution in [-0.2, 0) is 0 Å². The topological polar surface area (TPSA) is 38.9 Å². The Hall–Kier alpha value is -1.54. The summed E-state index contributed by atoms with van der Waals surface area (Å²) in [4.78, 5) is 4.04. The van der Waals surface area contributed by atoms with Crippen molar-refractivity contribution in [3.8, 4) is 11.1 Å². The molecule has 0 aliphatic rings. The number of nitrogen functional groups attached to an aromatic ring is 1. The van der Waals surface area contributed by atoms with Gasteiger partial charge in [0.05, 0.1) is 5.69 Å². The van der Waals surface area contributed by atoms with Crippen LogP contribution in [0.5, 0.6) is 0 Å². The summed E-state index contributed by atoms with van der Waals surface area (Å²) in [5.74, 6) is 0. The lowest BCUT2D eigenvalue weighted by Crippen LogP contribution is -1.91. The lowest BCUT2D eigenvalue weighted by Gasteiger charge is -2.06. The summed E-state index contributed by atoms with van der Waals surface area (Å²) in [5.41, 5.74) is 9.55. The highest BCUT2D eigenvalue weighted by atomic mass is 35.5. The molecule has 15 heavy (non-hydrogen) atoms. The van der Waals surface area contributed by atoms with Crippen LogP contribution in [0.4, 0.5) is 5.69 Å². The molecule has 1 aromatic carbocycles. The van der Waals surface area contributed by atoms with Crippen LogP contribution >= 0.6 is 11.6 Å². The fourth-order valence-corrected chi connectivity index (χ4v) is 1.61. The number of aryl methyl sites for hydroxylation is 1. The molecule has 0 saturated heterocycles. The molecule has 2 nitrogen and oxygen atoms in total. The second-order valence-corrected chi connectivity index (χ2v) is 3.78. The van der Waals surface area contributed by atoms with E-state index in [1.54, 1.807) is 6.20 Å². The summed E-state index contributed by atoms with van der Waals surface area (Å²) in [6.45, 7) is 2.06. The molecule has 0 radical (unpaired) electrons. The standard InChI is InChI=1S/C12H11ClN2/c1-8-4-2-3-5-10(8)9-6-11(14)12(13)15-7-9/h2-7H,14H2,1H3. The zero-order chi connectivity index (χ0) is 10.8. The monoisotopic (exact) mass is 218 g/mol. The third-order valence-corrected chi connectivity index (χ3v) is 2.64. The van der Waals surface area contributed by atoms with Gasteiger partial charge in [0.15, 0.2) is 5.15 Å². The van der Waals surface area contributed by atoms with Gasteiger partial charge in [0.1, 0.15) is 0 Å². The highest BCUT2D eigenvalue weighted by molar-refractivity contribution is 6.31. The Morgan fingerprint density at radius 1 is 1.27 bits per heavy atom. The smallest absolute Gasteiger partial charge is 0.151 e. The van der Waals surface area contributed by atoms with Crippen molar-refractivity contribution >= 4 is 17.3 Å². The van der Waals surface area contributed by atoms with Gasteiger partial charge >= 0.3 is 0 Å². The van der Waals surface area contributed by atoms with Gasteiger partial charge in [0, 0.05) is 11.8 Å². The van der Waals surface area contributed by atoms with Crippen molar-refractivity contribution in [1.82, 2.24) is 4.98 Å². The Balaban J connectivity index is 2.55. The molecule has 2 aromatic rings. The van der Waals surface area contributed by atoms with E-state index in [1.807, 2.05) is 24.3 Å². The quantitative estimate of drug-likeness (QED) is 0.746. The van der Waals surface area contributed by atoms with Crippen molar-refractivity contribution in [2.24, 2.45) is 0 Å². The van der Waals surface area contributed by atoms with E-state index in [4.69, 9.17) is 17.3 Å². The Bertz CT molecular complexity index is 495. The van der Waals surface area contributed by atoms with Gasteiger partial charge in [-0.05, 0) is 24.1 Å². The van der Waals surface area contributed by atoms with Gasteiger partial charge < -0.3 is 5.73 Å². The van der Waals surface area contributed by atoms with Gasteiger partial charge in [-0.15, -0.1) is 0 Å². The van der Waals surface area contributed by atoms with Gasteiger partial charge in [-0.2, -0.15) is 0 Å². The number of anilines is 1. The third kappa shape index (κ3) is 1.95. The second kappa shape index (κ2) is 3.91. The first-order valence-corrected chi connectivity index (χ1v) is 5.03. The molecule has 0 bridgehead atoms. The number of benzene rings is 1. The third-order valence-electron chi connectivity index (χ3n) is 2.32. The molecule has 76 valence electrons. The van der Waals surface area contributed by atoms with Gasteiger partial charge in [0.2, 0.25) is 0 Å². The van der Waals surface area contributed by atoms with E-state index in [1.165, 1.54) is 5.56 Å². The maximum atomic E-state index is 5.77. The first-order valence-electron chi connectivity index (χ1n) is 4.65. The molecule has 0 spiro atoms. The van der Waals surface area contributed by atoms with Crippen LogP contribution in [0.1, 0.15) is 5.56 Å². The minimum absolute atomic E-state index is 0.354. The molecule has 0 aliphatic carbocycles. The molecule has 3 heteroatoms. The number of nitrogens with zero attached hydrogens (tertiary/aromatic N) is 1. The van der Waals surface area contributed by atoms with Crippen LogP contribution in [0.2, 0.25) is 5.15 Å². The van der Waals surface area contributed by atoms with Gasteiger partial charge in [-0.3, -0.25) is 0 Å².